The first-order valence-electron chi connectivity index (χ1n) is 5.34. The van der Waals surface area contributed by atoms with Gasteiger partial charge in [0.1, 0.15) is 0 Å². The van der Waals surface area contributed by atoms with Crippen molar-refractivity contribution in [1.29, 1.82) is 0 Å². The molecule has 1 atom stereocenters. The molecule has 1 radical (unpaired) electrons. The SMILES string of the molecule is CCC(C(=O)[O-])[c-]1cccc1.[Fe+3].c1cc[cH-]c1. The zero-order valence-corrected chi connectivity index (χ0v) is 10.8. The van der Waals surface area contributed by atoms with Gasteiger partial charge in [-0.25, -0.2) is 24.3 Å². The Bertz CT molecular complexity index is 359. The van der Waals surface area contributed by atoms with Crippen LogP contribution in [-0.2, 0) is 21.9 Å². The smallest absolute Gasteiger partial charge is 0.551 e. The number of rotatable bonds is 3. The van der Waals surface area contributed by atoms with Crippen molar-refractivity contribution < 1.29 is 27.0 Å². The molecule has 0 saturated heterocycles. The van der Waals surface area contributed by atoms with Crippen LogP contribution in [0, 0.1) is 0 Å². The van der Waals surface area contributed by atoms with Gasteiger partial charge in [0.25, 0.3) is 0 Å². The van der Waals surface area contributed by atoms with Gasteiger partial charge in [0.05, 0.1) is 0 Å². The normalized spacial score (nSPS) is 10.6. The van der Waals surface area contributed by atoms with Crippen LogP contribution in [0.15, 0.2) is 54.6 Å². The standard InChI is InChI=1S/C9H11O2.C5H5.Fe/c1-2-8(9(10)11)7-5-3-4-6-7;1-2-4-5-3-1;/h3-6,8H,2H2,1H3,(H,10,11);1-5H;/q2*-1;+3/p-1. The van der Waals surface area contributed by atoms with Gasteiger partial charge in [0.15, 0.2) is 0 Å². The van der Waals surface area contributed by atoms with E-state index in [9.17, 15) is 9.90 Å². The van der Waals surface area contributed by atoms with Crippen LogP contribution in [0.25, 0.3) is 0 Å². The van der Waals surface area contributed by atoms with Crippen LogP contribution in [0.2, 0.25) is 0 Å². The van der Waals surface area contributed by atoms with Gasteiger partial charge in [-0.15, -0.1) is 5.56 Å². The average Bonchev–Trinajstić information content (AvgIpc) is 2.94. The Morgan fingerprint density at radius 2 is 1.76 bits per heavy atom. The van der Waals surface area contributed by atoms with Crippen LogP contribution in [0.4, 0.5) is 0 Å². The Morgan fingerprint density at radius 3 is 2.06 bits per heavy atom. The zero-order valence-electron chi connectivity index (χ0n) is 9.65. The van der Waals surface area contributed by atoms with Crippen molar-refractivity contribution in [2.24, 2.45) is 0 Å². The summed E-state index contributed by atoms with van der Waals surface area (Å²) in [5.41, 5.74) is 0.840. The van der Waals surface area contributed by atoms with Gasteiger partial charge >= 0.3 is 17.1 Å². The van der Waals surface area contributed by atoms with Crippen LogP contribution >= 0.6 is 0 Å². The molecule has 0 spiro atoms. The molecule has 0 fully saturated rings. The van der Waals surface area contributed by atoms with Crippen molar-refractivity contribution in [3.05, 3.63) is 60.2 Å². The summed E-state index contributed by atoms with van der Waals surface area (Å²) in [6.45, 7) is 1.84. The second-order valence-corrected chi connectivity index (χ2v) is 3.46. The molecule has 0 saturated carbocycles. The number of aliphatic carboxylic acids is 1. The molecule has 0 aliphatic carbocycles. The first kappa shape index (κ1) is 15.7. The summed E-state index contributed by atoms with van der Waals surface area (Å²) in [4.78, 5) is 10.5. The molecule has 3 heteroatoms. The summed E-state index contributed by atoms with van der Waals surface area (Å²) in [6.07, 6.45) is 0.590. The summed E-state index contributed by atoms with van der Waals surface area (Å²) >= 11 is 0. The van der Waals surface area contributed by atoms with Crippen molar-refractivity contribution in [1.82, 2.24) is 0 Å². The van der Waals surface area contributed by atoms with E-state index in [1.807, 2.05) is 61.5 Å². The quantitative estimate of drug-likeness (QED) is 0.633. The zero-order chi connectivity index (χ0) is 11.8. The van der Waals surface area contributed by atoms with Gasteiger partial charge in [0, 0.05) is 5.97 Å². The van der Waals surface area contributed by atoms with Crippen molar-refractivity contribution >= 4 is 5.97 Å². The summed E-state index contributed by atoms with van der Waals surface area (Å²) in [7, 11) is 0. The first-order valence-corrected chi connectivity index (χ1v) is 5.34. The van der Waals surface area contributed by atoms with Crippen LogP contribution < -0.4 is 5.11 Å². The number of hydrogen-bond donors (Lipinski definition) is 0. The van der Waals surface area contributed by atoms with E-state index in [-0.39, 0.29) is 17.1 Å². The van der Waals surface area contributed by atoms with Gasteiger partial charge in [-0.05, 0) is 5.92 Å². The third-order valence-corrected chi connectivity index (χ3v) is 2.34. The number of hydrogen-bond acceptors (Lipinski definition) is 2. The number of carbonyl (C=O) groups is 1. The van der Waals surface area contributed by atoms with E-state index in [0.717, 1.165) is 5.56 Å². The van der Waals surface area contributed by atoms with Gasteiger partial charge in [-0.3, -0.25) is 0 Å². The average molecular weight is 271 g/mol. The van der Waals surface area contributed by atoms with E-state index in [0.29, 0.717) is 6.42 Å². The van der Waals surface area contributed by atoms with Crippen LogP contribution in [0.1, 0.15) is 24.8 Å². The first-order chi connectivity index (χ1) is 7.75. The molecule has 91 valence electrons. The molecule has 1 unspecified atom stereocenters. The van der Waals surface area contributed by atoms with Crippen LogP contribution in [0.3, 0.4) is 0 Å². The molecule has 0 heterocycles. The Labute approximate surface area is 112 Å². The van der Waals surface area contributed by atoms with Gasteiger partial charge < -0.3 is 9.90 Å². The predicted molar refractivity (Wildman–Crippen MR) is 62.1 cm³/mol. The summed E-state index contributed by atoms with van der Waals surface area (Å²) in [6, 6.07) is 17.3. The molecule has 0 N–H and O–H groups in total. The monoisotopic (exact) mass is 271 g/mol. The largest absolute Gasteiger partial charge is 3.00 e. The fourth-order valence-electron chi connectivity index (χ4n) is 1.48. The maximum atomic E-state index is 10.5. The van der Waals surface area contributed by atoms with Crippen LogP contribution in [-0.4, -0.2) is 5.97 Å². The van der Waals surface area contributed by atoms with E-state index in [4.69, 9.17) is 0 Å². The van der Waals surface area contributed by atoms with E-state index in [1.54, 1.807) is 0 Å². The van der Waals surface area contributed by atoms with Crippen LogP contribution in [0.5, 0.6) is 0 Å². The molecule has 2 aromatic rings. The molecule has 2 nitrogen and oxygen atoms in total. The van der Waals surface area contributed by atoms with Crippen molar-refractivity contribution in [3.63, 3.8) is 0 Å². The Morgan fingerprint density at radius 1 is 1.24 bits per heavy atom. The van der Waals surface area contributed by atoms with Gasteiger partial charge in [0.2, 0.25) is 0 Å². The molecular weight excluding hydrogens is 256 g/mol. The van der Waals surface area contributed by atoms with E-state index in [1.165, 1.54) is 0 Å². The fourth-order valence-corrected chi connectivity index (χ4v) is 1.48. The fraction of sp³-hybridized carbons (Fsp3) is 0.214. The number of carbonyl (C=O) groups excluding carboxylic acids is 1. The van der Waals surface area contributed by atoms with E-state index >= 15 is 0 Å². The van der Waals surface area contributed by atoms with Crippen molar-refractivity contribution in [2.75, 3.05) is 0 Å². The maximum Gasteiger partial charge on any atom is 3.00 e. The van der Waals surface area contributed by atoms with Gasteiger partial charge in [-0.2, -0.15) is 30.3 Å². The second kappa shape index (κ2) is 8.80. The molecule has 0 aliphatic rings. The summed E-state index contributed by atoms with van der Waals surface area (Å²) < 4.78 is 0. The minimum Gasteiger partial charge on any atom is -0.551 e. The minimum atomic E-state index is -0.987. The van der Waals surface area contributed by atoms with Crippen molar-refractivity contribution in [3.8, 4) is 0 Å². The molecule has 2 aromatic carbocycles. The molecule has 17 heavy (non-hydrogen) atoms. The molecule has 0 aliphatic heterocycles. The Hall–Kier alpha value is -1.31. The molecule has 0 aromatic heterocycles. The maximum absolute atomic E-state index is 10.5. The minimum absolute atomic E-state index is 0. The third kappa shape index (κ3) is 5.53. The number of carboxylic acid groups (broad SMARTS) is 1. The summed E-state index contributed by atoms with van der Waals surface area (Å²) in [5, 5.41) is 10.5. The van der Waals surface area contributed by atoms with E-state index < -0.39 is 11.9 Å². The third-order valence-electron chi connectivity index (χ3n) is 2.34. The van der Waals surface area contributed by atoms with Crippen molar-refractivity contribution in [2.45, 2.75) is 19.3 Å². The topological polar surface area (TPSA) is 40.1 Å². The summed E-state index contributed by atoms with van der Waals surface area (Å²) in [5.74, 6) is -1.43. The second-order valence-electron chi connectivity index (χ2n) is 3.46. The van der Waals surface area contributed by atoms with Gasteiger partial charge in [-0.1, -0.05) is 13.3 Å². The predicted octanol–water partition coefficient (Wildman–Crippen LogP) is 2.05. The Balaban J connectivity index is 0.000000360. The molecule has 0 amide bonds. The molecular formula is C14H15FeO2. The van der Waals surface area contributed by atoms with E-state index in [2.05, 4.69) is 0 Å². The molecule has 2 rings (SSSR count). The number of carboxylic acids is 1. The molecule has 0 bridgehead atoms. The Kier molecular flexibility index (Phi) is 8.12.